The molecule has 0 saturated carbocycles. The Bertz CT molecular complexity index is 589. The standard InChI is InChI=1S/C18H23FN2O/c1-3-21(11-8-15-6-9-20-10-7-15)13-18(22)16-4-5-17(19)14(2)12-16/h4-7,9-10,12,18,22H,3,8,11,13H2,1-2H3. The number of benzene rings is 1. The van der Waals surface area contributed by atoms with Crippen LogP contribution in [0.25, 0.3) is 0 Å². The van der Waals surface area contributed by atoms with Crippen LogP contribution in [-0.4, -0.2) is 34.6 Å². The lowest BCUT2D eigenvalue weighted by Crippen LogP contribution is -2.30. The Kier molecular flexibility index (Phi) is 6.04. The second-order valence-corrected chi connectivity index (χ2v) is 5.52. The van der Waals surface area contributed by atoms with Crippen molar-refractivity contribution in [1.82, 2.24) is 9.88 Å². The zero-order valence-electron chi connectivity index (χ0n) is 13.2. The lowest BCUT2D eigenvalue weighted by atomic mass is 10.1. The van der Waals surface area contributed by atoms with Gasteiger partial charge in [-0.1, -0.05) is 19.1 Å². The Balaban J connectivity index is 1.92. The van der Waals surface area contributed by atoms with Gasteiger partial charge in [-0.15, -0.1) is 0 Å². The molecule has 0 fully saturated rings. The van der Waals surface area contributed by atoms with Gasteiger partial charge in [0.2, 0.25) is 0 Å². The predicted molar refractivity (Wildman–Crippen MR) is 86.2 cm³/mol. The van der Waals surface area contributed by atoms with Gasteiger partial charge in [0.25, 0.3) is 0 Å². The minimum atomic E-state index is -0.600. The number of hydrogen-bond acceptors (Lipinski definition) is 3. The van der Waals surface area contributed by atoms with Crippen molar-refractivity contribution in [2.75, 3.05) is 19.6 Å². The number of aliphatic hydroxyl groups is 1. The van der Waals surface area contributed by atoms with Crippen molar-refractivity contribution in [3.63, 3.8) is 0 Å². The van der Waals surface area contributed by atoms with Crippen molar-refractivity contribution in [2.24, 2.45) is 0 Å². The summed E-state index contributed by atoms with van der Waals surface area (Å²) < 4.78 is 13.3. The van der Waals surface area contributed by atoms with Gasteiger partial charge in [-0.2, -0.15) is 0 Å². The number of pyridine rings is 1. The molecule has 1 unspecified atom stereocenters. The van der Waals surface area contributed by atoms with Gasteiger partial charge in [-0.25, -0.2) is 4.39 Å². The maximum atomic E-state index is 13.3. The highest BCUT2D eigenvalue weighted by atomic mass is 19.1. The van der Waals surface area contributed by atoms with Crippen LogP contribution in [0.15, 0.2) is 42.7 Å². The monoisotopic (exact) mass is 302 g/mol. The lowest BCUT2D eigenvalue weighted by molar-refractivity contribution is 0.116. The highest BCUT2D eigenvalue weighted by Crippen LogP contribution is 2.18. The number of halogens is 1. The second kappa shape index (κ2) is 8.01. The summed E-state index contributed by atoms with van der Waals surface area (Å²) in [6.45, 7) is 6.08. The van der Waals surface area contributed by atoms with Gasteiger partial charge in [0, 0.05) is 25.5 Å². The van der Waals surface area contributed by atoms with Crippen molar-refractivity contribution in [1.29, 1.82) is 0 Å². The van der Waals surface area contributed by atoms with E-state index in [0.29, 0.717) is 12.1 Å². The fourth-order valence-electron chi connectivity index (χ4n) is 2.44. The quantitative estimate of drug-likeness (QED) is 0.853. The molecule has 1 atom stereocenters. The summed E-state index contributed by atoms with van der Waals surface area (Å²) in [4.78, 5) is 6.21. The van der Waals surface area contributed by atoms with E-state index in [2.05, 4.69) is 16.8 Å². The molecule has 0 aliphatic carbocycles. The number of aliphatic hydroxyl groups excluding tert-OH is 1. The van der Waals surface area contributed by atoms with Crippen molar-refractivity contribution < 1.29 is 9.50 Å². The summed E-state index contributed by atoms with van der Waals surface area (Å²) in [5, 5.41) is 10.4. The van der Waals surface area contributed by atoms with Crippen LogP contribution < -0.4 is 0 Å². The van der Waals surface area contributed by atoms with Gasteiger partial charge in [0.1, 0.15) is 5.82 Å². The Morgan fingerprint density at radius 3 is 2.59 bits per heavy atom. The van der Waals surface area contributed by atoms with E-state index < -0.39 is 6.10 Å². The van der Waals surface area contributed by atoms with Crippen LogP contribution in [0.3, 0.4) is 0 Å². The smallest absolute Gasteiger partial charge is 0.126 e. The third-order valence-corrected chi connectivity index (χ3v) is 3.91. The van der Waals surface area contributed by atoms with E-state index in [-0.39, 0.29) is 5.82 Å². The molecule has 0 saturated heterocycles. The molecule has 0 aliphatic rings. The molecule has 2 rings (SSSR count). The molecular weight excluding hydrogens is 279 g/mol. The Morgan fingerprint density at radius 2 is 1.95 bits per heavy atom. The largest absolute Gasteiger partial charge is 0.387 e. The van der Waals surface area contributed by atoms with Crippen LogP contribution in [0.4, 0.5) is 4.39 Å². The topological polar surface area (TPSA) is 36.4 Å². The summed E-state index contributed by atoms with van der Waals surface area (Å²) in [5.74, 6) is -0.235. The van der Waals surface area contributed by atoms with E-state index in [1.165, 1.54) is 11.6 Å². The first-order valence-electron chi connectivity index (χ1n) is 7.65. The molecule has 1 aromatic carbocycles. The van der Waals surface area contributed by atoms with E-state index in [1.54, 1.807) is 31.5 Å². The van der Waals surface area contributed by atoms with Crippen LogP contribution in [0.2, 0.25) is 0 Å². The maximum Gasteiger partial charge on any atom is 0.126 e. The van der Waals surface area contributed by atoms with Crippen molar-refractivity contribution in [3.8, 4) is 0 Å². The van der Waals surface area contributed by atoms with Crippen molar-refractivity contribution in [2.45, 2.75) is 26.4 Å². The highest BCUT2D eigenvalue weighted by Gasteiger charge is 2.13. The van der Waals surface area contributed by atoms with Crippen LogP contribution >= 0.6 is 0 Å². The summed E-state index contributed by atoms with van der Waals surface area (Å²) in [6.07, 6.45) is 3.91. The van der Waals surface area contributed by atoms with Crippen LogP contribution in [-0.2, 0) is 6.42 Å². The average molecular weight is 302 g/mol. The summed E-state index contributed by atoms with van der Waals surface area (Å²) >= 11 is 0. The Hall–Kier alpha value is -1.78. The van der Waals surface area contributed by atoms with Gasteiger partial charge >= 0.3 is 0 Å². The molecule has 1 aromatic heterocycles. The molecular formula is C18H23FN2O. The summed E-state index contributed by atoms with van der Waals surface area (Å²) in [6, 6.07) is 8.81. The second-order valence-electron chi connectivity index (χ2n) is 5.52. The molecule has 0 spiro atoms. The van der Waals surface area contributed by atoms with E-state index in [0.717, 1.165) is 25.1 Å². The first-order chi connectivity index (χ1) is 10.6. The van der Waals surface area contributed by atoms with Crippen molar-refractivity contribution >= 4 is 0 Å². The number of nitrogens with zero attached hydrogens (tertiary/aromatic N) is 2. The van der Waals surface area contributed by atoms with E-state index >= 15 is 0 Å². The Morgan fingerprint density at radius 1 is 1.23 bits per heavy atom. The van der Waals surface area contributed by atoms with Crippen LogP contribution in [0.5, 0.6) is 0 Å². The van der Waals surface area contributed by atoms with Gasteiger partial charge in [0.05, 0.1) is 6.10 Å². The fourth-order valence-corrected chi connectivity index (χ4v) is 2.44. The van der Waals surface area contributed by atoms with Gasteiger partial charge < -0.3 is 10.0 Å². The van der Waals surface area contributed by atoms with E-state index in [9.17, 15) is 9.50 Å². The van der Waals surface area contributed by atoms with E-state index in [4.69, 9.17) is 0 Å². The molecule has 1 heterocycles. The lowest BCUT2D eigenvalue weighted by Gasteiger charge is -2.24. The molecule has 22 heavy (non-hydrogen) atoms. The molecule has 1 N–H and O–H groups in total. The molecule has 2 aromatic rings. The zero-order chi connectivity index (χ0) is 15.9. The van der Waals surface area contributed by atoms with Gasteiger partial charge in [0.15, 0.2) is 0 Å². The molecule has 118 valence electrons. The molecule has 4 heteroatoms. The van der Waals surface area contributed by atoms with Gasteiger partial charge in [-0.05, 0) is 54.8 Å². The first-order valence-corrected chi connectivity index (χ1v) is 7.65. The minimum Gasteiger partial charge on any atom is -0.387 e. The average Bonchev–Trinajstić information content (AvgIpc) is 2.54. The van der Waals surface area contributed by atoms with Crippen LogP contribution in [0, 0.1) is 12.7 Å². The molecule has 0 amide bonds. The van der Waals surface area contributed by atoms with Crippen LogP contribution in [0.1, 0.15) is 29.7 Å². The number of rotatable bonds is 7. The summed E-state index contributed by atoms with van der Waals surface area (Å²) in [7, 11) is 0. The molecule has 0 bridgehead atoms. The molecule has 3 nitrogen and oxygen atoms in total. The number of likely N-dealkylation sites (N-methyl/N-ethyl adjacent to an activating group) is 1. The fraction of sp³-hybridized carbons (Fsp3) is 0.389. The molecule has 0 aliphatic heterocycles. The normalized spacial score (nSPS) is 12.6. The summed E-state index contributed by atoms with van der Waals surface area (Å²) in [5.41, 5.74) is 2.57. The SMILES string of the molecule is CCN(CCc1ccncc1)CC(O)c1ccc(F)c(C)c1. The van der Waals surface area contributed by atoms with E-state index in [1.807, 2.05) is 12.1 Å². The number of hydrogen-bond donors (Lipinski definition) is 1. The third-order valence-electron chi connectivity index (χ3n) is 3.91. The van der Waals surface area contributed by atoms with Crippen molar-refractivity contribution in [3.05, 3.63) is 65.2 Å². The third kappa shape index (κ3) is 4.61. The minimum absolute atomic E-state index is 0.235. The first kappa shape index (κ1) is 16.6. The predicted octanol–water partition coefficient (Wildman–Crippen LogP) is 3.13. The Labute approximate surface area is 131 Å². The van der Waals surface area contributed by atoms with Gasteiger partial charge in [-0.3, -0.25) is 4.98 Å². The maximum absolute atomic E-state index is 13.3. The molecule has 0 radical (unpaired) electrons. The highest BCUT2D eigenvalue weighted by molar-refractivity contribution is 5.25. The zero-order valence-corrected chi connectivity index (χ0v) is 13.2. The number of aromatic nitrogens is 1. The number of aryl methyl sites for hydroxylation is 1.